The summed E-state index contributed by atoms with van der Waals surface area (Å²) >= 11 is 1.38. The quantitative estimate of drug-likeness (QED) is 0.576. The second kappa shape index (κ2) is 6.25. The fourth-order valence-electron chi connectivity index (χ4n) is 1.76. The van der Waals surface area contributed by atoms with E-state index >= 15 is 0 Å². The van der Waals surface area contributed by atoms with Crippen LogP contribution in [0.2, 0.25) is 0 Å². The fraction of sp³-hybridized carbons (Fsp3) is 0.727. The molecule has 1 unspecified atom stereocenters. The summed E-state index contributed by atoms with van der Waals surface area (Å²) in [5, 5.41) is 10.2. The van der Waals surface area contributed by atoms with Crippen molar-refractivity contribution in [2.75, 3.05) is 12.3 Å². The standard InChI is InChI=1S/C11H19N5O2S/c1-2-5-13-8(9(12)17)6-19-11-15-14-10(18)16(11)7-3-4-7/h7-8,13H,2-6H2,1H3,(H2,12,17)(H,14,18). The number of carbonyl (C=O) groups is 1. The summed E-state index contributed by atoms with van der Waals surface area (Å²) in [6.07, 6.45) is 2.96. The van der Waals surface area contributed by atoms with E-state index in [9.17, 15) is 9.59 Å². The average molecular weight is 285 g/mol. The van der Waals surface area contributed by atoms with Gasteiger partial charge in [-0.1, -0.05) is 18.7 Å². The molecule has 1 aromatic rings. The van der Waals surface area contributed by atoms with Crippen LogP contribution in [0.25, 0.3) is 0 Å². The summed E-state index contributed by atoms with van der Waals surface area (Å²) in [6, 6.07) is -0.131. The largest absolute Gasteiger partial charge is 0.368 e. The first kappa shape index (κ1) is 14.1. The average Bonchev–Trinajstić information content (AvgIpc) is 3.14. The minimum Gasteiger partial charge on any atom is -0.368 e. The molecule has 1 fully saturated rings. The smallest absolute Gasteiger partial charge is 0.344 e. The van der Waals surface area contributed by atoms with E-state index in [1.165, 1.54) is 11.8 Å². The Morgan fingerprint density at radius 1 is 1.68 bits per heavy atom. The first-order valence-electron chi connectivity index (χ1n) is 6.46. The van der Waals surface area contributed by atoms with Crippen LogP contribution in [0.3, 0.4) is 0 Å². The van der Waals surface area contributed by atoms with E-state index in [0.717, 1.165) is 25.8 Å². The van der Waals surface area contributed by atoms with Crippen LogP contribution in [0.5, 0.6) is 0 Å². The molecule has 1 aromatic heterocycles. The molecular formula is C11H19N5O2S. The van der Waals surface area contributed by atoms with E-state index < -0.39 is 6.04 Å². The molecule has 4 N–H and O–H groups in total. The third kappa shape index (κ3) is 3.60. The molecule has 0 radical (unpaired) electrons. The van der Waals surface area contributed by atoms with Gasteiger partial charge in [0, 0.05) is 11.8 Å². The second-order valence-electron chi connectivity index (χ2n) is 4.63. The number of hydrogen-bond donors (Lipinski definition) is 3. The molecule has 106 valence electrons. The van der Waals surface area contributed by atoms with Crippen molar-refractivity contribution in [3.8, 4) is 0 Å². The highest BCUT2D eigenvalue weighted by molar-refractivity contribution is 7.99. The van der Waals surface area contributed by atoms with Gasteiger partial charge in [0.15, 0.2) is 5.16 Å². The van der Waals surface area contributed by atoms with Crippen LogP contribution in [0.4, 0.5) is 0 Å². The lowest BCUT2D eigenvalue weighted by Crippen LogP contribution is -2.43. The first-order chi connectivity index (χ1) is 9.13. The molecule has 0 spiro atoms. The molecule has 19 heavy (non-hydrogen) atoms. The van der Waals surface area contributed by atoms with Crippen molar-refractivity contribution < 1.29 is 4.79 Å². The van der Waals surface area contributed by atoms with Gasteiger partial charge in [0.2, 0.25) is 5.91 Å². The fourth-order valence-corrected chi connectivity index (χ4v) is 2.84. The number of carbonyl (C=O) groups excluding carboxylic acids is 1. The van der Waals surface area contributed by atoms with Gasteiger partial charge in [0.1, 0.15) is 0 Å². The minimum atomic E-state index is -0.399. The van der Waals surface area contributed by atoms with Crippen molar-refractivity contribution in [1.82, 2.24) is 20.1 Å². The monoisotopic (exact) mass is 285 g/mol. The van der Waals surface area contributed by atoms with Crippen molar-refractivity contribution in [2.45, 2.75) is 43.4 Å². The molecular weight excluding hydrogens is 266 g/mol. The third-order valence-electron chi connectivity index (χ3n) is 2.95. The maximum Gasteiger partial charge on any atom is 0.344 e. The molecule has 7 nitrogen and oxygen atoms in total. The van der Waals surface area contributed by atoms with Gasteiger partial charge >= 0.3 is 5.69 Å². The van der Waals surface area contributed by atoms with Gasteiger partial charge in [-0.25, -0.2) is 9.89 Å². The van der Waals surface area contributed by atoms with Crippen molar-refractivity contribution in [3.63, 3.8) is 0 Å². The van der Waals surface area contributed by atoms with Gasteiger partial charge in [0.05, 0.1) is 6.04 Å². The summed E-state index contributed by atoms with van der Waals surface area (Å²) in [6.45, 7) is 2.76. The Hall–Kier alpha value is -1.28. The highest BCUT2D eigenvalue weighted by Crippen LogP contribution is 2.36. The van der Waals surface area contributed by atoms with Gasteiger partial charge in [-0.05, 0) is 25.8 Å². The zero-order valence-electron chi connectivity index (χ0n) is 10.9. The van der Waals surface area contributed by atoms with Gasteiger partial charge in [-0.3, -0.25) is 9.36 Å². The van der Waals surface area contributed by atoms with Crippen LogP contribution in [0.1, 0.15) is 32.2 Å². The molecule has 1 heterocycles. The summed E-state index contributed by atoms with van der Waals surface area (Å²) in [4.78, 5) is 22.9. The lowest BCUT2D eigenvalue weighted by molar-refractivity contribution is -0.119. The molecule has 2 rings (SSSR count). The summed E-state index contributed by atoms with van der Waals surface area (Å²) in [5.41, 5.74) is 5.17. The van der Waals surface area contributed by atoms with Gasteiger partial charge < -0.3 is 11.1 Å². The topological polar surface area (TPSA) is 106 Å². The molecule has 0 aromatic carbocycles. The van der Waals surface area contributed by atoms with Crippen LogP contribution in [0, 0.1) is 0 Å². The number of hydrogen-bond acceptors (Lipinski definition) is 5. The maximum atomic E-state index is 11.6. The zero-order chi connectivity index (χ0) is 13.8. The van der Waals surface area contributed by atoms with E-state index in [2.05, 4.69) is 15.5 Å². The van der Waals surface area contributed by atoms with E-state index in [-0.39, 0.29) is 17.6 Å². The van der Waals surface area contributed by atoms with Gasteiger partial charge in [0.25, 0.3) is 0 Å². The van der Waals surface area contributed by atoms with Crippen LogP contribution in [-0.2, 0) is 4.79 Å². The number of rotatable bonds is 8. The molecule has 8 heteroatoms. The Balaban J connectivity index is 1.96. The molecule has 1 aliphatic carbocycles. The summed E-state index contributed by atoms with van der Waals surface area (Å²) in [7, 11) is 0. The molecule has 1 aliphatic rings. The molecule has 1 atom stereocenters. The number of thioether (sulfide) groups is 1. The Morgan fingerprint density at radius 2 is 2.42 bits per heavy atom. The van der Waals surface area contributed by atoms with Crippen LogP contribution >= 0.6 is 11.8 Å². The van der Waals surface area contributed by atoms with E-state index in [1.807, 2.05) is 6.92 Å². The third-order valence-corrected chi connectivity index (χ3v) is 3.99. The number of H-pyrrole nitrogens is 1. The Labute approximate surface area is 115 Å². The normalized spacial score (nSPS) is 16.5. The molecule has 1 saturated carbocycles. The predicted molar refractivity (Wildman–Crippen MR) is 73.1 cm³/mol. The number of nitrogens with zero attached hydrogens (tertiary/aromatic N) is 2. The van der Waals surface area contributed by atoms with E-state index in [0.29, 0.717) is 10.9 Å². The number of amides is 1. The summed E-state index contributed by atoms with van der Waals surface area (Å²) in [5.74, 6) is 0.101. The molecule has 1 amide bonds. The second-order valence-corrected chi connectivity index (χ2v) is 5.62. The number of primary amides is 1. The highest BCUT2D eigenvalue weighted by Gasteiger charge is 2.29. The number of nitrogens with two attached hydrogens (primary N) is 1. The van der Waals surface area contributed by atoms with Crippen molar-refractivity contribution in [2.24, 2.45) is 5.73 Å². The van der Waals surface area contributed by atoms with Crippen molar-refractivity contribution in [1.29, 1.82) is 0 Å². The Morgan fingerprint density at radius 3 is 3.00 bits per heavy atom. The lowest BCUT2D eigenvalue weighted by Gasteiger charge is -2.14. The molecule has 0 saturated heterocycles. The van der Waals surface area contributed by atoms with Gasteiger partial charge in [-0.2, -0.15) is 0 Å². The van der Waals surface area contributed by atoms with Crippen LogP contribution in [-0.4, -0.2) is 39.0 Å². The Bertz CT molecular complexity index is 494. The minimum absolute atomic E-state index is 0.179. The maximum absolute atomic E-state index is 11.6. The number of nitrogens with one attached hydrogen (secondary N) is 2. The van der Waals surface area contributed by atoms with Gasteiger partial charge in [-0.15, -0.1) is 5.10 Å². The Kier molecular flexibility index (Phi) is 4.65. The van der Waals surface area contributed by atoms with Crippen molar-refractivity contribution >= 4 is 17.7 Å². The number of aromatic amines is 1. The van der Waals surface area contributed by atoms with Crippen LogP contribution in [0.15, 0.2) is 9.95 Å². The molecule has 0 bridgehead atoms. The predicted octanol–water partition coefficient (Wildman–Crippen LogP) is -0.148. The van der Waals surface area contributed by atoms with E-state index in [4.69, 9.17) is 5.73 Å². The van der Waals surface area contributed by atoms with Crippen molar-refractivity contribution in [3.05, 3.63) is 10.5 Å². The number of aromatic nitrogens is 3. The summed E-state index contributed by atoms with van der Waals surface area (Å²) < 4.78 is 1.67. The SMILES string of the molecule is CCCNC(CSc1n[nH]c(=O)n1C1CC1)C(N)=O. The van der Waals surface area contributed by atoms with E-state index in [1.54, 1.807) is 4.57 Å². The first-order valence-corrected chi connectivity index (χ1v) is 7.44. The van der Waals surface area contributed by atoms with Crippen LogP contribution < -0.4 is 16.7 Å². The lowest BCUT2D eigenvalue weighted by atomic mass is 10.3. The highest BCUT2D eigenvalue weighted by atomic mass is 32.2. The molecule has 0 aliphatic heterocycles. The zero-order valence-corrected chi connectivity index (χ0v) is 11.7.